The van der Waals surface area contributed by atoms with E-state index in [0.29, 0.717) is 0 Å². The monoisotopic (exact) mass is 714 g/mol. The SMILES string of the molecule is Cc1cn([C@H]2C[C@H](OP(=S)(OCCCCOP(=O)(O)O)OC[C@H]3O[C@@H](n4cc(C)c(=O)[nH]c4=O)C[C@@H]3O)[C@@H](CO)O2)c(=O)[nH]c1=O. The summed E-state index contributed by atoms with van der Waals surface area (Å²) in [6.45, 7) is -1.97. The van der Waals surface area contributed by atoms with Gasteiger partial charge in [0.15, 0.2) is 0 Å². The van der Waals surface area contributed by atoms with Gasteiger partial charge in [-0.3, -0.25) is 33.2 Å². The Morgan fingerprint density at radius 2 is 1.41 bits per heavy atom. The zero-order valence-electron chi connectivity index (χ0n) is 24.8. The van der Waals surface area contributed by atoms with Crippen molar-refractivity contribution in [1.82, 2.24) is 19.1 Å². The highest BCUT2D eigenvalue weighted by atomic mass is 32.5. The van der Waals surface area contributed by atoms with Crippen LogP contribution in [-0.2, 0) is 43.9 Å². The molecule has 2 aliphatic heterocycles. The van der Waals surface area contributed by atoms with Gasteiger partial charge >= 0.3 is 25.9 Å². The second kappa shape index (κ2) is 15.4. The maximum absolute atomic E-state index is 12.4. The molecule has 258 valence electrons. The molecular formula is C24H36N4O15P2S. The number of aliphatic hydroxyl groups is 2. The molecule has 2 saturated heterocycles. The lowest BCUT2D eigenvalue weighted by Crippen LogP contribution is -2.33. The molecule has 2 aromatic rings. The van der Waals surface area contributed by atoms with Gasteiger partial charge < -0.3 is 43.0 Å². The van der Waals surface area contributed by atoms with Crippen molar-refractivity contribution in [2.45, 2.75) is 76.4 Å². The van der Waals surface area contributed by atoms with E-state index in [4.69, 9.17) is 44.6 Å². The van der Waals surface area contributed by atoms with Crippen LogP contribution in [0.5, 0.6) is 0 Å². The number of aromatic amines is 2. The summed E-state index contributed by atoms with van der Waals surface area (Å²) >= 11 is 5.65. The number of aryl methyl sites for hydroxylation is 2. The van der Waals surface area contributed by atoms with Crippen LogP contribution >= 0.6 is 14.5 Å². The summed E-state index contributed by atoms with van der Waals surface area (Å²) in [6.07, 6.45) is -2.90. The number of phosphoric acid groups is 1. The van der Waals surface area contributed by atoms with Gasteiger partial charge in [-0.25, -0.2) is 14.2 Å². The number of H-pyrrole nitrogens is 2. The molecule has 0 spiro atoms. The van der Waals surface area contributed by atoms with Gasteiger partial charge in [0, 0.05) is 36.4 Å². The van der Waals surface area contributed by atoms with E-state index in [1.807, 2.05) is 0 Å². The third-order valence-electron chi connectivity index (χ3n) is 7.19. The van der Waals surface area contributed by atoms with Crippen molar-refractivity contribution in [1.29, 1.82) is 0 Å². The average Bonchev–Trinajstić information content (AvgIpc) is 3.55. The second-order valence-corrected chi connectivity index (χ2v) is 14.9. The molecule has 7 atom stereocenters. The van der Waals surface area contributed by atoms with E-state index < -0.39 is 80.5 Å². The number of nitrogens with one attached hydrogen (secondary N) is 2. The Morgan fingerprint density at radius 1 is 0.891 bits per heavy atom. The first kappa shape index (κ1) is 36.7. The molecule has 6 N–H and O–H groups in total. The van der Waals surface area contributed by atoms with E-state index in [1.165, 1.54) is 26.2 Å². The molecule has 0 saturated carbocycles. The lowest BCUT2D eigenvalue weighted by molar-refractivity contribution is -0.0549. The highest BCUT2D eigenvalue weighted by Gasteiger charge is 2.43. The quantitative estimate of drug-likeness (QED) is 0.0971. The molecule has 22 heteroatoms. The molecule has 4 heterocycles. The van der Waals surface area contributed by atoms with E-state index >= 15 is 0 Å². The van der Waals surface area contributed by atoms with Crippen molar-refractivity contribution in [3.8, 4) is 0 Å². The molecular weight excluding hydrogens is 678 g/mol. The smallest absolute Gasteiger partial charge is 0.394 e. The van der Waals surface area contributed by atoms with Crippen LogP contribution in [0.15, 0.2) is 31.6 Å². The molecule has 0 aliphatic carbocycles. The Labute approximate surface area is 265 Å². The van der Waals surface area contributed by atoms with Crippen LogP contribution in [0.3, 0.4) is 0 Å². The van der Waals surface area contributed by atoms with E-state index in [9.17, 15) is 34.0 Å². The minimum atomic E-state index is -4.64. The van der Waals surface area contributed by atoms with Crippen LogP contribution in [0.25, 0.3) is 0 Å². The molecule has 2 aliphatic rings. The fourth-order valence-electron chi connectivity index (χ4n) is 4.77. The van der Waals surface area contributed by atoms with Crippen LogP contribution in [0.4, 0.5) is 0 Å². The summed E-state index contributed by atoms with van der Waals surface area (Å²) in [7, 11) is -4.64. The number of hydrogen-bond donors (Lipinski definition) is 6. The number of aliphatic hydroxyl groups excluding tert-OH is 2. The molecule has 46 heavy (non-hydrogen) atoms. The molecule has 2 aromatic heterocycles. The van der Waals surface area contributed by atoms with Gasteiger partial charge in [0.1, 0.15) is 24.7 Å². The van der Waals surface area contributed by atoms with Gasteiger partial charge in [-0.15, -0.1) is 0 Å². The van der Waals surface area contributed by atoms with Crippen molar-refractivity contribution in [2.24, 2.45) is 0 Å². The largest absolute Gasteiger partial charge is 0.469 e. The van der Waals surface area contributed by atoms with Gasteiger partial charge in [0.05, 0.1) is 38.6 Å². The zero-order valence-corrected chi connectivity index (χ0v) is 27.4. The third-order valence-corrected chi connectivity index (χ3v) is 10.1. The van der Waals surface area contributed by atoms with Crippen molar-refractivity contribution in [3.05, 3.63) is 65.2 Å². The Bertz CT molecular complexity index is 1700. The van der Waals surface area contributed by atoms with Crippen molar-refractivity contribution in [2.75, 3.05) is 26.4 Å². The van der Waals surface area contributed by atoms with Gasteiger partial charge in [0.2, 0.25) is 0 Å². The lowest BCUT2D eigenvalue weighted by atomic mass is 10.2. The number of rotatable bonds is 15. The maximum atomic E-state index is 12.4. The number of ether oxygens (including phenoxy) is 2. The van der Waals surface area contributed by atoms with Gasteiger partial charge in [0.25, 0.3) is 11.1 Å². The fraction of sp³-hybridized carbons (Fsp3) is 0.667. The van der Waals surface area contributed by atoms with Gasteiger partial charge in [-0.2, -0.15) is 0 Å². The first-order chi connectivity index (χ1) is 21.6. The van der Waals surface area contributed by atoms with Crippen LogP contribution in [-0.4, -0.2) is 89.9 Å². The number of phosphoric ester groups is 1. The Hall–Kier alpha value is -2.16. The molecule has 19 nitrogen and oxygen atoms in total. The average molecular weight is 715 g/mol. The Morgan fingerprint density at radius 3 is 1.96 bits per heavy atom. The molecule has 4 rings (SSSR count). The highest BCUT2D eigenvalue weighted by Crippen LogP contribution is 2.54. The lowest BCUT2D eigenvalue weighted by Gasteiger charge is -2.28. The number of hydrogen-bond acceptors (Lipinski definition) is 14. The number of aromatic nitrogens is 4. The summed E-state index contributed by atoms with van der Waals surface area (Å²) in [4.78, 5) is 70.4. The standard InChI is InChI=1S/C24H36N4O15P2S/c1-13-9-27(23(33)25-21(13)31)19-7-15(30)18(42-19)12-40-45(46,39-6-4-3-5-38-44(35,36)37)43-16-8-20(41-17(16)11-29)28-10-14(2)22(32)26-24(28)34/h9-10,15-20,29-30H,3-8,11-12H2,1-2H3,(H,25,31,33)(H,26,32,34)(H2,35,36,37)/t15-,16-,17+,18+,19+,20+,45?/m0/s1. The maximum Gasteiger partial charge on any atom is 0.469 e. The van der Waals surface area contributed by atoms with Crippen molar-refractivity contribution < 1.29 is 52.1 Å². The summed E-state index contributed by atoms with van der Waals surface area (Å²) in [5.41, 5.74) is -2.06. The van der Waals surface area contributed by atoms with Gasteiger partial charge in [-0.1, -0.05) is 0 Å². The fourth-order valence-corrected chi connectivity index (χ4v) is 7.31. The number of nitrogens with zero attached hydrogens (tertiary/aromatic N) is 2. The van der Waals surface area contributed by atoms with Crippen LogP contribution in [0.1, 0.15) is 49.3 Å². The third kappa shape index (κ3) is 9.47. The van der Waals surface area contributed by atoms with E-state index in [0.717, 1.165) is 9.13 Å². The molecule has 1 unspecified atom stereocenters. The first-order valence-corrected chi connectivity index (χ1v) is 18.2. The summed E-state index contributed by atoms with van der Waals surface area (Å²) in [5.74, 6) is 0. The zero-order chi connectivity index (χ0) is 33.8. The molecule has 0 aromatic carbocycles. The van der Waals surface area contributed by atoms with E-state index in [-0.39, 0.29) is 56.6 Å². The minimum Gasteiger partial charge on any atom is -0.394 e. The molecule has 2 fully saturated rings. The van der Waals surface area contributed by atoms with Crippen molar-refractivity contribution in [3.63, 3.8) is 0 Å². The first-order valence-electron chi connectivity index (χ1n) is 14.1. The normalized spacial score (nSPS) is 26.4. The second-order valence-electron chi connectivity index (χ2n) is 10.7. The molecule has 0 amide bonds. The van der Waals surface area contributed by atoms with Gasteiger partial charge in [-0.05, 0) is 38.5 Å². The van der Waals surface area contributed by atoms with E-state index in [1.54, 1.807) is 0 Å². The highest BCUT2D eigenvalue weighted by molar-refractivity contribution is 8.07. The minimum absolute atomic E-state index is 0.00302. The summed E-state index contributed by atoms with van der Waals surface area (Å²) < 4.78 is 47.1. The van der Waals surface area contributed by atoms with Crippen LogP contribution in [0, 0.1) is 13.8 Å². The number of unbranched alkanes of at least 4 members (excludes halogenated alkanes) is 1. The topological polar surface area (TPSA) is 263 Å². The summed E-state index contributed by atoms with van der Waals surface area (Å²) in [5, 5.41) is 20.7. The van der Waals surface area contributed by atoms with E-state index in [2.05, 4.69) is 14.5 Å². The predicted molar refractivity (Wildman–Crippen MR) is 161 cm³/mol. The molecule has 0 radical (unpaired) electrons. The summed E-state index contributed by atoms with van der Waals surface area (Å²) in [6, 6.07) is 0. The Balaban J connectivity index is 1.47. The Kier molecular flexibility index (Phi) is 12.3. The predicted octanol–water partition coefficient (Wildman–Crippen LogP) is -0.836. The molecule has 0 bridgehead atoms. The van der Waals surface area contributed by atoms with Crippen LogP contribution < -0.4 is 22.5 Å². The van der Waals surface area contributed by atoms with Crippen LogP contribution in [0.2, 0.25) is 0 Å². The van der Waals surface area contributed by atoms with Crippen molar-refractivity contribution >= 4 is 26.3 Å².